The summed E-state index contributed by atoms with van der Waals surface area (Å²) in [7, 11) is 0. The molecule has 1 heterocycles. The van der Waals surface area contributed by atoms with Gasteiger partial charge in [0.25, 0.3) is 5.91 Å². The van der Waals surface area contributed by atoms with Crippen molar-refractivity contribution in [2.45, 2.75) is 42.9 Å². The Balaban J connectivity index is 1.37. The Kier molecular flexibility index (Phi) is 6.02. The van der Waals surface area contributed by atoms with E-state index in [2.05, 4.69) is 37.2 Å². The summed E-state index contributed by atoms with van der Waals surface area (Å²) in [5.74, 6) is -2.49. The number of benzene rings is 1. The van der Waals surface area contributed by atoms with Gasteiger partial charge in [-0.25, -0.2) is 4.79 Å². The molecule has 7 nitrogen and oxygen atoms in total. The number of ether oxygens (including phenoxy) is 1. The zero-order chi connectivity index (χ0) is 22.6. The molecule has 4 rings (SSSR count). The van der Waals surface area contributed by atoms with Crippen LogP contribution in [-0.2, 0) is 23.9 Å². The minimum Gasteiger partial charge on any atom is -0.454 e. The molecule has 2 aliphatic carbocycles. The predicted molar refractivity (Wildman–Crippen MR) is 121 cm³/mol. The van der Waals surface area contributed by atoms with E-state index in [1.807, 2.05) is 32.0 Å². The van der Waals surface area contributed by atoms with Gasteiger partial charge in [-0.1, -0.05) is 44.0 Å². The molecule has 0 spiro atoms. The summed E-state index contributed by atoms with van der Waals surface area (Å²) >= 11 is 7.29. The van der Waals surface area contributed by atoms with Crippen LogP contribution in [0.2, 0.25) is 0 Å². The lowest BCUT2D eigenvalue weighted by molar-refractivity contribution is -0.159. The molecule has 7 atom stereocenters. The van der Waals surface area contributed by atoms with Crippen LogP contribution in [0.15, 0.2) is 18.2 Å². The van der Waals surface area contributed by atoms with E-state index in [0.717, 1.165) is 22.4 Å². The number of likely N-dealkylation sites (tertiary alicyclic amines) is 1. The molecule has 3 aliphatic rings. The van der Waals surface area contributed by atoms with Crippen LogP contribution < -0.4 is 5.32 Å². The largest absolute Gasteiger partial charge is 0.454 e. The molecule has 9 heteroatoms. The highest BCUT2D eigenvalue weighted by Crippen LogP contribution is 2.60. The van der Waals surface area contributed by atoms with Crippen LogP contribution in [0.4, 0.5) is 5.69 Å². The number of nitrogens with zero attached hydrogens (tertiary/aromatic N) is 1. The molecule has 1 N–H and O–H groups in total. The van der Waals surface area contributed by atoms with Crippen LogP contribution in [0.5, 0.6) is 0 Å². The number of hydrogen-bond donors (Lipinski definition) is 1. The maximum absolute atomic E-state index is 13.0. The summed E-state index contributed by atoms with van der Waals surface area (Å²) in [5.41, 5.74) is 2.53. The molecular formula is C22H24Br2N2O5. The number of fused-ring (bicyclic) bond motifs is 5. The summed E-state index contributed by atoms with van der Waals surface area (Å²) in [6.07, 6.45) is 0.823. The fourth-order valence-corrected chi connectivity index (χ4v) is 7.05. The number of carbonyl (C=O) groups is 4. The fraction of sp³-hybridized carbons (Fsp3) is 0.545. The Morgan fingerprint density at radius 3 is 2.29 bits per heavy atom. The van der Waals surface area contributed by atoms with Gasteiger partial charge in [-0.05, 0) is 56.2 Å². The minimum absolute atomic E-state index is 0.0763. The number of nitrogens with one attached hydrogen (secondary N) is 1. The van der Waals surface area contributed by atoms with E-state index in [4.69, 9.17) is 4.74 Å². The molecule has 1 aromatic rings. The van der Waals surface area contributed by atoms with Gasteiger partial charge in [0, 0.05) is 15.3 Å². The Morgan fingerprint density at radius 1 is 1.13 bits per heavy atom. The van der Waals surface area contributed by atoms with Gasteiger partial charge in [0.2, 0.25) is 11.8 Å². The molecule has 1 aromatic carbocycles. The zero-order valence-electron chi connectivity index (χ0n) is 17.4. The van der Waals surface area contributed by atoms with Crippen molar-refractivity contribution in [3.63, 3.8) is 0 Å². The van der Waals surface area contributed by atoms with E-state index in [1.165, 1.54) is 6.92 Å². The van der Waals surface area contributed by atoms with Gasteiger partial charge in [0.1, 0.15) is 6.04 Å². The number of anilines is 1. The summed E-state index contributed by atoms with van der Waals surface area (Å²) < 4.78 is 5.14. The highest BCUT2D eigenvalue weighted by Gasteiger charge is 2.67. The highest BCUT2D eigenvalue weighted by molar-refractivity contribution is 9.12. The normalized spacial score (nSPS) is 32.2. The Hall–Kier alpha value is -1.74. The van der Waals surface area contributed by atoms with Crippen LogP contribution in [0.25, 0.3) is 0 Å². The van der Waals surface area contributed by atoms with Crippen molar-refractivity contribution in [2.75, 3.05) is 11.9 Å². The number of alkyl halides is 2. The average Bonchev–Trinajstić information content (AvgIpc) is 3.33. The smallest absolute Gasteiger partial charge is 0.329 e. The Bertz CT molecular complexity index is 935. The van der Waals surface area contributed by atoms with Crippen molar-refractivity contribution in [1.29, 1.82) is 0 Å². The third kappa shape index (κ3) is 3.73. The van der Waals surface area contributed by atoms with Crippen molar-refractivity contribution < 1.29 is 23.9 Å². The Morgan fingerprint density at radius 2 is 1.71 bits per heavy atom. The van der Waals surface area contributed by atoms with Crippen LogP contribution >= 0.6 is 31.9 Å². The van der Waals surface area contributed by atoms with Gasteiger partial charge in [-0.15, -0.1) is 0 Å². The molecule has 0 radical (unpaired) electrons. The van der Waals surface area contributed by atoms with E-state index < -0.39 is 36.4 Å². The highest BCUT2D eigenvalue weighted by atomic mass is 79.9. The van der Waals surface area contributed by atoms with Crippen LogP contribution in [0.1, 0.15) is 24.5 Å². The van der Waals surface area contributed by atoms with Crippen molar-refractivity contribution in [2.24, 2.45) is 23.7 Å². The van der Waals surface area contributed by atoms with E-state index in [9.17, 15) is 19.2 Å². The van der Waals surface area contributed by atoms with Crippen LogP contribution in [-0.4, -0.2) is 50.9 Å². The molecule has 3 amide bonds. The number of rotatable bonds is 5. The van der Waals surface area contributed by atoms with E-state index in [-0.39, 0.29) is 33.3 Å². The standard InChI is InChI=1S/C22H24Br2N2O5/c1-9-4-5-10(2)14(6-9)25-15(27)8-31-22(30)11(3)26-20(28)16-12-7-13(17(16)21(26)29)19(24)18(12)23/h4-6,11-13,16-19H,7-8H2,1-3H3,(H,25,27)/t11-,12+,13+,16+,17+,18-,19+/m0/s1. The first-order valence-corrected chi connectivity index (χ1v) is 12.1. The molecule has 31 heavy (non-hydrogen) atoms. The first kappa shape index (κ1) is 22.5. The molecule has 1 aliphatic heterocycles. The third-order valence-corrected chi connectivity index (χ3v) is 9.97. The molecular weight excluding hydrogens is 532 g/mol. The third-order valence-electron chi connectivity index (χ3n) is 6.76. The first-order chi connectivity index (χ1) is 14.6. The number of imide groups is 1. The lowest BCUT2D eigenvalue weighted by atomic mass is 9.81. The SMILES string of the molecule is Cc1ccc(C)c(NC(=O)COC(=O)[C@H](C)N2C(=O)[C@@H]3[C@H]4C[C@@H]([C@@H](Br)[C@H]4Br)[C@H]3C2=O)c1. The summed E-state index contributed by atoms with van der Waals surface area (Å²) in [6, 6.07) is 4.60. The maximum atomic E-state index is 13.0. The number of amides is 3. The molecule has 166 valence electrons. The zero-order valence-corrected chi connectivity index (χ0v) is 20.6. The summed E-state index contributed by atoms with van der Waals surface area (Å²) in [5, 5.41) is 2.72. The van der Waals surface area contributed by atoms with Gasteiger partial charge in [-0.3, -0.25) is 19.3 Å². The summed E-state index contributed by atoms with van der Waals surface area (Å²) in [6.45, 7) is 4.77. The minimum atomic E-state index is -1.07. The molecule has 0 unspecified atom stereocenters. The average molecular weight is 556 g/mol. The Labute approximate surface area is 197 Å². The second kappa shape index (κ2) is 8.31. The summed E-state index contributed by atoms with van der Waals surface area (Å²) in [4.78, 5) is 52.1. The second-order valence-electron chi connectivity index (χ2n) is 8.70. The second-order valence-corrected chi connectivity index (χ2v) is 10.8. The van der Waals surface area contributed by atoms with Crippen molar-refractivity contribution in [1.82, 2.24) is 4.90 Å². The number of halogens is 2. The molecule has 3 fully saturated rings. The van der Waals surface area contributed by atoms with Gasteiger partial charge in [0.15, 0.2) is 6.61 Å². The van der Waals surface area contributed by atoms with Gasteiger partial charge in [0.05, 0.1) is 11.8 Å². The van der Waals surface area contributed by atoms with Crippen LogP contribution in [0, 0.1) is 37.5 Å². The molecule has 0 aromatic heterocycles. The topological polar surface area (TPSA) is 92.8 Å². The van der Waals surface area contributed by atoms with E-state index >= 15 is 0 Å². The monoisotopic (exact) mass is 554 g/mol. The van der Waals surface area contributed by atoms with Crippen molar-refractivity contribution in [3.8, 4) is 0 Å². The van der Waals surface area contributed by atoms with Gasteiger partial charge in [-0.2, -0.15) is 0 Å². The lowest BCUT2D eigenvalue weighted by Crippen LogP contribution is -2.45. The predicted octanol–water partition coefficient (Wildman–Crippen LogP) is 2.95. The molecule has 1 saturated heterocycles. The van der Waals surface area contributed by atoms with E-state index in [0.29, 0.717) is 5.69 Å². The first-order valence-electron chi connectivity index (χ1n) is 10.3. The molecule has 2 saturated carbocycles. The van der Waals surface area contributed by atoms with Crippen molar-refractivity contribution in [3.05, 3.63) is 29.3 Å². The number of esters is 1. The van der Waals surface area contributed by atoms with E-state index in [1.54, 1.807) is 0 Å². The lowest BCUT2D eigenvalue weighted by Gasteiger charge is -2.28. The quantitative estimate of drug-likeness (QED) is 0.342. The number of hydrogen-bond acceptors (Lipinski definition) is 5. The maximum Gasteiger partial charge on any atom is 0.329 e. The van der Waals surface area contributed by atoms with Gasteiger partial charge >= 0.3 is 5.97 Å². The number of carbonyl (C=O) groups excluding carboxylic acids is 4. The van der Waals surface area contributed by atoms with Gasteiger partial charge < -0.3 is 10.1 Å². The van der Waals surface area contributed by atoms with Crippen molar-refractivity contribution >= 4 is 61.2 Å². The molecule has 2 bridgehead atoms. The number of aryl methyl sites for hydroxylation is 2. The fourth-order valence-electron chi connectivity index (χ4n) is 5.17. The van der Waals surface area contributed by atoms with Crippen LogP contribution in [0.3, 0.4) is 0 Å².